The van der Waals surface area contributed by atoms with E-state index in [0.29, 0.717) is 53.0 Å². The van der Waals surface area contributed by atoms with E-state index in [9.17, 15) is 29.7 Å². The van der Waals surface area contributed by atoms with Gasteiger partial charge in [-0.1, -0.05) is 42.5 Å². The number of pyridine rings is 1. The van der Waals surface area contributed by atoms with Crippen LogP contribution >= 0.6 is 0 Å². The molecule has 0 radical (unpaired) electrons. The first-order valence-electron chi connectivity index (χ1n) is 14.3. The first-order chi connectivity index (χ1) is 20.8. The molecule has 10 nitrogen and oxygen atoms in total. The summed E-state index contributed by atoms with van der Waals surface area (Å²) in [6.07, 6.45) is 1.78. The summed E-state index contributed by atoms with van der Waals surface area (Å²) in [6, 6.07) is 22.0. The predicted molar refractivity (Wildman–Crippen MR) is 162 cm³/mol. The van der Waals surface area contributed by atoms with Crippen molar-refractivity contribution >= 4 is 22.8 Å². The molecule has 10 heteroatoms. The summed E-state index contributed by atoms with van der Waals surface area (Å²) in [6.45, 7) is 1.75. The number of aliphatic hydroxyl groups excluding tert-OH is 1. The molecule has 3 aromatic carbocycles. The number of carboxylic acid groups (broad SMARTS) is 1. The summed E-state index contributed by atoms with van der Waals surface area (Å²) in [7, 11) is 0. The van der Waals surface area contributed by atoms with Crippen molar-refractivity contribution in [1.82, 2.24) is 15.2 Å². The number of likely N-dealkylation sites (tertiary alicyclic amines) is 1. The number of carbonyl (C=O) groups is 2. The number of phenols is 1. The molecule has 1 atom stereocenters. The quantitative estimate of drug-likeness (QED) is 0.149. The van der Waals surface area contributed by atoms with Gasteiger partial charge >= 0.3 is 5.97 Å². The van der Waals surface area contributed by atoms with Crippen molar-refractivity contribution in [1.29, 1.82) is 0 Å². The topological polar surface area (TPSA) is 152 Å². The van der Waals surface area contributed by atoms with Gasteiger partial charge in [0.1, 0.15) is 16.9 Å². The molecular formula is C33H35N3O7. The monoisotopic (exact) mass is 585 g/mol. The number of carboxylic acids is 1. The lowest BCUT2D eigenvalue weighted by atomic mass is 9.73. The molecule has 1 aliphatic rings. The van der Waals surface area contributed by atoms with E-state index in [1.807, 2.05) is 6.07 Å². The number of aliphatic carboxylic acids is 1. The highest BCUT2D eigenvalue weighted by Crippen LogP contribution is 2.36. The Bertz CT molecular complexity index is 1650. The van der Waals surface area contributed by atoms with Gasteiger partial charge in [-0.15, -0.1) is 0 Å². The Labute approximate surface area is 248 Å². The number of fused-ring (bicyclic) bond motifs is 1. The third-order valence-corrected chi connectivity index (χ3v) is 7.90. The van der Waals surface area contributed by atoms with Crippen LogP contribution in [-0.4, -0.2) is 69.9 Å². The van der Waals surface area contributed by atoms with E-state index in [0.717, 1.165) is 19.3 Å². The van der Waals surface area contributed by atoms with Gasteiger partial charge in [0.25, 0.3) is 5.91 Å². The van der Waals surface area contributed by atoms with Crippen LogP contribution in [-0.2, 0) is 10.2 Å². The Morgan fingerprint density at radius 3 is 2.53 bits per heavy atom. The van der Waals surface area contributed by atoms with E-state index in [1.54, 1.807) is 65.6 Å². The summed E-state index contributed by atoms with van der Waals surface area (Å²) in [5.41, 5.74) is 0.677. The molecule has 0 bridgehead atoms. The minimum atomic E-state index is -1.08. The van der Waals surface area contributed by atoms with Gasteiger partial charge in [0.15, 0.2) is 0 Å². The molecule has 1 saturated heterocycles. The molecule has 0 saturated carbocycles. The average molecular weight is 586 g/mol. The third-order valence-electron chi connectivity index (χ3n) is 7.90. The van der Waals surface area contributed by atoms with Crippen LogP contribution in [0.4, 0.5) is 0 Å². The Morgan fingerprint density at radius 1 is 0.977 bits per heavy atom. The van der Waals surface area contributed by atoms with Gasteiger partial charge in [-0.25, -0.2) is 0 Å². The number of aromatic hydroxyl groups is 1. The number of nitrogens with one attached hydrogen (secondary N) is 2. The van der Waals surface area contributed by atoms with Crippen LogP contribution in [0.15, 0.2) is 83.7 Å². The maximum atomic E-state index is 13.1. The summed E-state index contributed by atoms with van der Waals surface area (Å²) >= 11 is 0. The third kappa shape index (κ3) is 6.55. The second kappa shape index (κ2) is 13.1. The average Bonchev–Trinajstić information content (AvgIpc) is 2.98. The number of amides is 1. The standard InChI is InChI=1S/C33H35N3O7/c37-27-14-12-25(26-13-15-29(39)35-30(26)27)28(38)19-34-16-5-2-6-17-43-24-11-7-8-22(18-24)31(40)36-20-33(21-36,32(41)42)23-9-3-1-4-10-23/h1,3-4,7-15,18,28,34,37-38H,2,5-6,16-17,19-21H2,(H,35,39)(H,41,42). The maximum absolute atomic E-state index is 13.1. The lowest BCUT2D eigenvalue weighted by Gasteiger charge is -2.47. The van der Waals surface area contributed by atoms with Crippen molar-refractivity contribution < 1.29 is 29.6 Å². The van der Waals surface area contributed by atoms with Crippen molar-refractivity contribution in [2.75, 3.05) is 32.8 Å². The van der Waals surface area contributed by atoms with Crippen LogP contribution in [0.25, 0.3) is 10.9 Å². The zero-order valence-electron chi connectivity index (χ0n) is 23.7. The smallest absolute Gasteiger partial charge is 0.317 e. The maximum Gasteiger partial charge on any atom is 0.317 e. The normalized spacial score (nSPS) is 14.7. The van der Waals surface area contributed by atoms with Gasteiger partial charge in [0.2, 0.25) is 5.56 Å². The minimum absolute atomic E-state index is 0.0427. The highest BCUT2D eigenvalue weighted by molar-refractivity contribution is 5.97. The van der Waals surface area contributed by atoms with Gasteiger partial charge < -0.3 is 35.3 Å². The molecule has 2 heterocycles. The van der Waals surface area contributed by atoms with Crippen LogP contribution in [0.1, 0.15) is 46.9 Å². The fourth-order valence-electron chi connectivity index (χ4n) is 5.47. The Kier molecular flexibility index (Phi) is 9.08. The molecule has 1 aliphatic heterocycles. The summed E-state index contributed by atoms with van der Waals surface area (Å²) in [5, 5.41) is 34.4. The molecule has 0 spiro atoms. The number of nitrogens with zero attached hydrogens (tertiary/aromatic N) is 1. The Balaban J connectivity index is 1.02. The Hall–Kier alpha value is -4.67. The van der Waals surface area contributed by atoms with E-state index >= 15 is 0 Å². The molecule has 1 unspecified atom stereocenters. The minimum Gasteiger partial charge on any atom is -0.506 e. The summed E-state index contributed by atoms with van der Waals surface area (Å²) in [4.78, 5) is 40.9. The fourth-order valence-corrected chi connectivity index (χ4v) is 5.47. The lowest BCUT2D eigenvalue weighted by Crippen LogP contribution is -2.65. The number of benzene rings is 3. The second-order valence-electron chi connectivity index (χ2n) is 10.9. The van der Waals surface area contributed by atoms with E-state index in [1.165, 1.54) is 12.1 Å². The highest BCUT2D eigenvalue weighted by atomic mass is 16.5. The number of hydrogen-bond acceptors (Lipinski definition) is 7. The van der Waals surface area contributed by atoms with Crippen molar-refractivity contribution in [2.24, 2.45) is 0 Å². The number of unbranched alkanes of at least 4 members (excludes halogenated alkanes) is 2. The lowest BCUT2D eigenvalue weighted by molar-refractivity contribution is -0.149. The van der Waals surface area contributed by atoms with Gasteiger partial charge in [-0.3, -0.25) is 14.4 Å². The molecule has 4 aromatic rings. The molecule has 1 amide bonds. The highest BCUT2D eigenvalue weighted by Gasteiger charge is 2.52. The predicted octanol–water partition coefficient (Wildman–Crippen LogP) is 3.58. The van der Waals surface area contributed by atoms with Crippen molar-refractivity contribution in [3.63, 3.8) is 0 Å². The van der Waals surface area contributed by atoms with Gasteiger partial charge in [0, 0.05) is 36.7 Å². The molecule has 0 aliphatic carbocycles. The van der Waals surface area contributed by atoms with Gasteiger partial charge in [-0.2, -0.15) is 0 Å². The van der Waals surface area contributed by atoms with Crippen LogP contribution in [0.3, 0.4) is 0 Å². The van der Waals surface area contributed by atoms with Crippen LogP contribution in [0.5, 0.6) is 11.5 Å². The van der Waals surface area contributed by atoms with E-state index in [2.05, 4.69) is 10.3 Å². The van der Waals surface area contributed by atoms with Crippen molar-refractivity contribution in [2.45, 2.75) is 30.8 Å². The van der Waals surface area contributed by atoms with Crippen LogP contribution in [0, 0.1) is 0 Å². The number of carbonyl (C=O) groups excluding carboxylic acids is 1. The summed E-state index contributed by atoms with van der Waals surface area (Å²) in [5.74, 6) is -0.613. The van der Waals surface area contributed by atoms with Gasteiger partial charge in [-0.05, 0) is 67.3 Å². The number of H-pyrrole nitrogens is 1. The fraction of sp³-hybridized carbons (Fsp3) is 0.303. The molecule has 224 valence electrons. The number of aromatic amines is 1. The van der Waals surface area contributed by atoms with E-state index < -0.39 is 17.5 Å². The molecule has 5 rings (SSSR count). The van der Waals surface area contributed by atoms with Crippen LogP contribution in [0.2, 0.25) is 0 Å². The van der Waals surface area contributed by atoms with Crippen LogP contribution < -0.4 is 15.6 Å². The number of hydrogen-bond donors (Lipinski definition) is 5. The first-order valence-corrected chi connectivity index (χ1v) is 14.3. The molecule has 43 heavy (non-hydrogen) atoms. The molecule has 1 aromatic heterocycles. The van der Waals surface area contributed by atoms with E-state index in [4.69, 9.17) is 4.74 Å². The SMILES string of the molecule is O=C(c1cccc(OCCCCCNCC(O)c2ccc(O)c3[nH]c(=O)ccc23)c1)N1CC(C(=O)O)(c2ccccc2)C1. The molecular weight excluding hydrogens is 550 g/mol. The first kappa shape index (κ1) is 29.8. The zero-order valence-corrected chi connectivity index (χ0v) is 23.7. The summed E-state index contributed by atoms with van der Waals surface area (Å²) < 4.78 is 5.87. The van der Waals surface area contributed by atoms with Crippen molar-refractivity contribution in [3.8, 4) is 11.5 Å². The van der Waals surface area contributed by atoms with Crippen molar-refractivity contribution in [3.05, 3.63) is 106 Å². The molecule has 1 fully saturated rings. The number of rotatable bonds is 13. The number of phenolic OH excluding ortho intramolecular Hbond substituents is 1. The number of aromatic nitrogens is 1. The largest absolute Gasteiger partial charge is 0.506 e. The number of ether oxygens (including phenoxy) is 1. The molecule has 5 N–H and O–H groups in total. The van der Waals surface area contributed by atoms with Gasteiger partial charge in [0.05, 0.1) is 18.2 Å². The van der Waals surface area contributed by atoms with E-state index in [-0.39, 0.29) is 30.3 Å². The Morgan fingerprint density at radius 2 is 1.77 bits per heavy atom. The second-order valence-corrected chi connectivity index (χ2v) is 10.9. The number of aliphatic hydroxyl groups is 1. The zero-order chi connectivity index (χ0) is 30.4.